The van der Waals surface area contributed by atoms with Crippen LogP contribution >= 0.6 is 0 Å². The summed E-state index contributed by atoms with van der Waals surface area (Å²) in [7, 11) is 3.10. The Bertz CT molecular complexity index is 1050. The second-order valence-electron chi connectivity index (χ2n) is 6.14. The summed E-state index contributed by atoms with van der Waals surface area (Å²) >= 11 is 0. The van der Waals surface area contributed by atoms with E-state index in [9.17, 15) is 9.59 Å². The quantitative estimate of drug-likeness (QED) is 0.417. The molecule has 0 radical (unpaired) electrons. The Hall–Kier alpha value is -4.06. The molecule has 0 aliphatic rings. The number of hydrogen-bond acceptors (Lipinski definition) is 6. The molecule has 152 valence electrons. The monoisotopic (exact) mass is 404 g/mol. The van der Waals surface area contributed by atoms with Crippen molar-refractivity contribution in [3.8, 4) is 23.0 Å². The summed E-state index contributed by atoms with van der Waals surface area (Å²) in [6.45, 7) is 3.73. The lowest BCUT2D eigenvalue weighted by Crippen LogP contribution is -2.10. The van der Waals surface area contributed by atoms with E-state index < -0.39 is 11.9 Å². The standard InChI is InChI=1S/C24H20O6/c1-4-16-15-21(29-23(25)17-5-9-19(27-2)10-6-17)13-14-22(16)30-24(26)18-7-11-20(28-3)12-8-18/h4-15H,1H2,2-3H3. The molecule has 0 aromatic heterocycles. The predicted octanol–water partition coefficient (Wildman–Crippen LogP) is 4.79. The number of esters is 2. The fourth-order valence-electron chi connectivity index (χ4n) is 2.62. The number of carbonyl (C=O) groups excluding carboxylic acids is 2. The predicted molar refractivity (Wildman–Crippen MR) is 112 cm³/mol. The first kappa shape index (κ1) is 20.7. The van der Waals surface area contributed by atoms with Crippen molar-refractivity contribution in [1.82, 2.24) is 0 Å². The van der Waals surface area contributed by atoms with Crippen LogP contribution in [0.4, 0.5) is 0 Å². The number of benzene rings is 3. The van der Waals surface area contributed by atoms with Crippen molar-refractivity contribution in [3.05, 3.63) is 90.0 Å². The maximum absolute atomic E-state index is 12.4. The van der Waals surface area contributed by atoms with Gasteiger partial charge in [0.1, 0.15) is 23.0 Å². The van der Waals surface area contributed by atoms with Crippen LogP contribution in [0.5, 0.6) is 23.0 Å². The van der Waals surface area contributed by atoms with Crippen LogP contribution in [0.1, 0.15) is 26.3 Å². The molecule has 0 fully saturated rings. The molecular formula is C24H20O6. The highest BCUT2D eigenvalue weighted by molar-refractivity contribution is 5.92. The molecule has 6 nitrogen and oxygen atoms in total. The molecule has 0 bridgehead atoms. The SMILES string of the molecule is C=Cc1cc(OC(=O)c2ccc(OC)cc2)ccc1OC(=O)c1ccc(OC)cc1. The van der Waals surface area contributed by atoms with Gasteiger partial charge >= 0.3 is 11.9 Å². The molecule has 0 unspecified atom stereocenters. The zero-order valence-electron chi connectivity index (χ0n) is 16.6. The van der Waals surface area contributed by atoms with Gasteiger partial charge in [0, 0.05) is 5.56 Å². The van der Waals surface area contributed by atoms with Gasteiger partial charge in [0.15, 0.2) is 0 Å². The van der Waals surface area contributed by atoms with E-state index in [0.29, 0.717) is 39.7 Å². The molecule has 0 amide bonds. The Labute approximate surface area is 174 Å². The summed E-state index contributed by atoms with van der Waals surface area (Å²) in [4.78, 5) is 24.7. The molecule has 3 aromatic rings. The van der Waals surface area contributed by atoms with Gasteiger partial charge in [0.25, 0.3) is 0 Å². The number of carbonyl (C=O) groups is 2. The Morgan fingerprint density at radius 1 is 0.700 bits per heavy atom. The van der Waals surface area contributed by atoms with E-state index in [4.69, 9.17) is 18.9 Å². The van der Waals surface area contributed by atoms with Crippen molar-refractivity contribution in [3.63, 3.8) is 0 Å². The van der Waals surface area contributed by atoms with Gasteiger partial charge < -0.3 is 18.9 Å². The van der Waals surface area contributed by atoms with E-state index in [2.05, 4.69) is 6.58 Å². The third-order valence-electron chi connectivity index (χ3n) is 4.27. The van der Waals surface area contributed by atoms with Crippen molar-refractivity contribution < 1.29 is 28.5 Å². The average molecular weight is 404 g/mol. The van der Waals surface area contributed by atoms with Gasteiger partial charge in [-0.2, -0.15) is 0 Å². The molecule has 0 aliphatic carbocycles. The Balaban J connectivity index is 1.72. The van der Waals surface area contributed by atoms with Crippen LogP contribution in [0, 0.1) is 0 Å². The van der Waals surface area contributed by atoms with Gasteiger partial charge in [-0.15, -0.1) is 0 Å². The van der Waals surface area contributed by atoms with Gasteiger partial charge in [-0.05, 0) is 66.7 Å². The minimum atomic E-state index is -0.524. The van der Waals surface area contributed by atoms with Crippen LogP contribution in [0.2, 0.25) is 0 Å². The summed E-state index contributed by atoms with van der Waals surface area (Å²) in [6.07, 6.45) is 1.52. The molecule has 0 saturated carbocycles. The number of rotatable bonds is 7. The topological polar surface area (TPSA) is 71.1 Å². The summed E-state index contributed by atoms with van der Waals surface area (Å²) in [6, 6.07) is 17.8. The Kier molecular flexibility index (Phi) is 6.49. The minimum absolute atomic E-state index is 0.301. The van der Waals surface area contributed by atoms with Crippen LogP contribution in [-0.2, 0) is 0 Å². The van der Waals surface area contributed by atoms with Crippen molar-refractivity contribution >= 4 is 18.0 Å². The molecule has 0 aliphatic heterocycles. The highest BCUT2D eigenvalue weighted by Crippen LogP contribution is 2.27. The average Bonchev–Trinajstić information content (AvgIpc) is 2.80. The van der Waals surface area contributed by atoms with E-state index in [0.717, 1.165) is 0 Å². The molecule has 0 saturated heterocycles. The normalized spacial score (nSPS) is 10.1. The molecule has 0 spiro atoms. The third-order valence-corrected chi connectivity index (χ3v) is 4.27. The van der Waals surface area contributed by atoms with E-state index in [1.165, 1.54) is 6.08 Å². The van der Waals surface area contributed by atoms with Crippen LogP contribution in [0.15, 0.2) is 73.3 Å². The largest absolute Gasteiger partial charge is 0.497 e. The number of ether oxygens (including phenoxy) is 4. The van der Waals surface area contributed by atoms with Gasteiger partial charge in [0.2, 0.25) is 0 Å². The highest BCUT2D eigenvalue weighted by Gasteiger charge is 2.14. The molecule has 0 N–H and O–H groups in total. The Morgan fingerprint density at radius 3 is 1.63 bits per heavy atom. The zero-order chi connectivity index (χ0) is 21.5. The van der Waals surface area contributed by atoms with Crippen LogP contribution in [0.3, 0.4) is 0 Å². The van der Waals surface area contributed by atoms with Gasteiger partial charge in [0.05, 0.1) is 25.3 Å². The first-order valence-corrected chi connectivity index (χ1v) is 9.03. The first-order chi connectivity index (χ1) is 14.5. The van der Waals surface area contributed by atoms with Crippen LogP contribution in [0.25, 0.3) is 6.08 Å². The summed E-state index contributed by atoms with van der Waals surface area (Å²) < 4.78 is 21.0. The molecular weight excluding hydrogens is 384 g/mol. The lowest BCUT2D eigenvalue weighted by Gasteiger charge is -2.11. The Morgan fingerprint density at radius 2 is 1.17 bits per heavy atom. The lowest BCUT2D eigenvalue weighted by atomic mass is 10.1. The van der Waals surface area contributed by atoms with Crippen molar-refractivity contribution in [2.75, 3.05) is 14.2 Å². The van der Waals surface area contributed by atoms with Crippen molar-refractivity contribution in [1.29, 1.82) is 0 Å². The van der Waals surface area contributed by atoms with Crippen LogP contribution < -0.4 is 18.9 Å². The maximum atomic E-state index is 12.4. The van der Waals surface area contributed by atoms with Crippen molar-refractivity contribution in [2.24, 2.45) is 0 Å². The molecule has 3 rings (SSSR count). The molecule has 30 heavy (non-hydrogen) atoms. The second-order valence-corrected chi connectivity index (χ2v) is 6.14. The van der Waals surface area contributed by atoms with E-state index in [1.54, 1.807) is 80.9 Å². The molecule has 0 atom stereocenters. The van der Waals surface area contributed by atoms with Crippen LogP contribution in [-0.4, -0.2) is 26.2 Å². The maximum Gasteiger partial charge on any atom is 0.343 e. The summed E-state index contributed by atoms with van der Waals surface area (Å²) in [5.41, 5.74) is 1.27. The third kappa shape index (κ3) is 4.86. The fraction of sp³-hybridized carbons (Fsp3) is 0.0833. The van der Waals surface area contributed by atoms with Gasteiger partial charge in [-0.25, -0.2) is 9.59 Å². The zero-order valence-corrected chi connectivity index (χ0v) is 16.6. The molecule has 3 aromatic carbocycles. The molecule has 0 heterocycles. The highest BCUT2D eigenvalue weighted by atomic mass is 16.5. The van der Waals surface area contributed by atoms with Gasteiger partial charge in [-0.3, -0.25) is 0 Å². The lowest BCUT2D eigenvalue weighted by molar-refractivity contribution is 0.0719. The fourth-order valence-corrected chi connectivity index (χ4v) is 2.62. The van der Waals surface area contributed by atoms with E-state index in [-0.39, 0.29) is 0 Å². The number of methoxy groups -OCH3 is 2. The first-order valence-electron chi connectivity index (χ1n) is 9.03. The summed E-state index contributed by atoms with van der Waals surface area (Å²) in [5.74, 6) is 0.842. The number of hydrogen-bond donors (Lipinski definition) is 0. The summed E-state index contributed by atoms with van der Waals surface area (Å²) in [5, 5.41) is 0. The van der Waals surface area contributed by atoms with E-state index >= 15 is 0 Å². The van der Waals surface area contributed by atoms with E-state index in [1.807, 2.05) is 0 Å². The molecule has 6 heteroatoms. The smallest absolute Gasteiger partial charge is 0.343 e. The van der Waals surface area contributed by atoms with Gasteiger partial charge in [-0.1, -0.05) is 12.7 Å². The second kappa shape index (κ2) is 9.43. The van der Waals surface area contributed by atoms with Crippen molar-refractivity contribution in [2.45, 2.75) is 0 Å². The minimum Gasteiger partial charge on any atom is -0.497 e.